The molecule has 21 heavy (non-hydrogen) atoms. The third-order valence-corrected chi connectivity index (χ3v) is 4.49. The molecular weight excluding hydrogens is 264 g/mol. The summed E-state index contributed by atoms with van der Waals surface area (Å²) in [5.74, 6) is 0.0238. The summed E-state index contributed by atoms with van der Waals surface area (Å²) in [7, 11) is 0. The molecule has 112 valence electrons. The van der Waals surface area contributed by atoms with Gasteiger partial charge in [0.15, 0.2) is 0 Å². The van der Waals surface area contributed by atoms with Gasteiger partial charge in [0.1, 0.15) is 6.04 Å². The summed E-state index contributed by atoms with van der Waals surface area (Å²) < 4.78 is 0. The van der Waals surface area contributed by atoms with Crippen molar-refractivity contribution in [2.45, 2.75) is 51.6 Å². The lowest BCUT2D eigenvalue weighted by Crippen LogP contribution is -2.45. The molecule has 0 bridgehead atoms. The monoisotopic (exact) mass is 286 g/mol. The van der Waals surface area contributed by atoms with Crippen molar-refractivity contribution in [1.82, 2.24) is 10.2 Å². The summed E-state index contributed by atoms with van der Waals surface area (Å²) in [5, 5.41) is 2.93. The van der Waals surface area contributed by atoms with E-state index in [1.165, 1.54) is 5.56 Å². The number of aryl methyl sites for hydroxylation is 1. The average molecular weight is 286 g/mol. The molecule has 2 heterocycles. The fraction of sp³-hybridized carbons (Fsp3) is 0.529. The zero-order chi connectivity index (χ0) is 14.8. The number of nitrogens with one attached hydrogen (secondary N) is 1. The van der Waals surface area contributed by atoms with Crippen LogP contribution in [0, 0.1) is 0 Å². The SMILES string of the molecule is CCCc1cccc2c1CN(C1CCCCNC1=O)C2=O. The highest BCUT2D eigenvalue weighted by atomic mass is 16.2. The standard InChI is InChI=1S/C17H22N2O2/c1-2-6-12-7-5-8-13-14(12)11-19(17(13)21)15-9-3-4-10-18-16(15)20/h5,7-8,15H,2-4,6,9-11H2,1H3,(H,18,20). The minimum Gasteiger partial charge on any atom is -0.354 e. The van der Waals surface area contributed by atoms with E-state index in [1.54, 1.807) is 4.90 Å². The Labute approximate surface area is 125 Å². The molecule has 1 unspecified atom stereocenters. The van der Waals surface area contributed by atoms with Crippen molar-refractivity contribution in [3.05, 3.63) is 34.9 Å². The Balaban J connectivity index is 1.89. The van der Waals surface area contributed by atoms with Crippen LogP contribution in [0.15, 0.2) is 18.2 Å². The van der Waals surface area contributed by atoms with E-state index < -0.39 is 0 Å². The molecule has 0 radical (unpaired) electrons. The van der Waals surface area contributed by atoms with Crippen LogP contribution in [-0.4, -0.2) is 29.3 Å². The molecular formula is C17H22N2O2. The number of hydrogen-bond acceptors (Lipinski definition) is 2. The Kier molecular flexibility index (Phi) is 3.95. The van der Waals surface area contributed by atoms with Gasteiger partial charge in [-0.3, -0.25) is 9.59 Å². The van der Waals surface area contributed by atoms with Gasteiger partial charge in [-0.15, -0.1) is 0 Å². The van der Waals surface area contributed by atoms with E-state index in [0.29, 0.717) is 6.54 Å². The van der Waals surface area contributed by atoms with Crippen LogP contribution in [0.4, 0.5) is 0 Å². The van der Waals surface area contributed by atoms with Crippen molar-refractivity contribution in [1.29, 1.82) is 0 Å². The number of carbonyl (C=O) groups excluding carboxylic acids is 2. The maximum atomic E-state index is 12.7. The van der Waals surface area contributed by atoms with Gasteiger partial charge in [-0.1, -0.05) is 25.5 Å². The molecule has 0 aromatic heterocycles. The summed E-state index contributed by atoms with van der Waals surface area (Å²) in [6, 6.07) is 5.65. The third-order valence-electron chi connectivity index (χ3n) is 4.49. The molecule has 0 aliphatic carbocycles. The highest BCUT2D eigenvalue weighted by Crippen LogP contribution is 2.30. The lowest BCUT2D eigenvalue weighted by atomic mass is 10.00. The predicted molar refractivity (Wildman–Crippen MR) is 81.0 cm³/mol. The molecule has 4 nitrogen and oxygen atoms in total. The topological polar surface area (TPSA) is 49.4 Å². The molecule has 1 aromatic rings. The van der Waals surface area contributed by atoms with Crippen LogP contribution in [0.2, 0.25) is 0 Å². The third kappa shape index (κ3) is 2.55. The van der Waals surface area contributed by atoms with Gasteiger partial charge in [-0.2, -0.15) is 0 Å². The van der Waals surface area contributed by atoms with Crippen LogP contribution in [0.5, 0.6) is 0 Å². The van der Waals surface area contributed by atoms with Gasteiger partial charge in [0, 0.05) is 18.7 Å². The van der Waals surface area contributed by atoms with Crippen LogP contribution < -0.4 is 5.32 Å². The van der Waals surface area contributed by atoms with Gasteiger partial charge in [-0.05, 0) is 42.9 Å². The molecule has 4 heteroatoms. The summed E-state index contributed by atoms with van der Waals surface area (Å²) in [5.41, 5.74) is 3.17. The number of fused-ring (bicyclic) bond motifs is 1. The second-order valence-corrected chi connectivity index (χ2v) is 5.93. The highest BCUT2D eigenvalue weighted by molar-refractivity contribution is 6.01. The predicted octanol–water partition coefficient (Wildman–Crippen LogP) is 2.26. The average Bonchev–Trinajstić information content (AvgIpc) is 2.67. The van der Waals surface area contributed by atoms with Gasteiger partial charge in [-0.25, -0.2) is 0 Å². The van der Waals surface area contributed by atoms with Crippen LogP contribution in [0.1, 0.15) is 54.1 Å². The maximum absolute atomic E-state index is 12.7. The van der Waals surface area contributed by atoms with E-state index in [1.807, 2.05) is 12.1 Å². The molecule has 1 fully saturated rings. The van der Waals surface area contributed by atoms with E-state index in [4.69, 9.17) is 0 Å². The fourth-order valence-corrected chi connectivity index (χ4v) is 3.39. The zero-order valence-corrected chi connectivity index (χ0v) is 12.5. The molecule has 1 N–H and O–H groups in total. The van der Waals surface area contributed by atoms with Crippen molar-refractivity contribution in [2.75, 3.05) is 6.54 Å². The fourth-order valence-electron chi connectivity index (χ4n) is 3.39. The molecule has 2 aliphatic heterocycles. The van der Waals surface area contributed by atoms with Crippen molar-refractivity contribution in [3.63, 3.8) is 0 Å². The smallest absolute Gasteiger partial charge is 0.255 e. The Morgan fingerprint density at radius 3 is 2.95 bits per heavy atom. The first-order valence-corrected chi connectivity index (χ1v) is 7.91. The number of amides is 2. The number of benzene rings is 1. The summed E-state index contributed by atoms with van der Waals surface area (Å²) in [6.45, 7) is 3.46. The number of hydrogen-bond donors (Lipinski definition) is 1. The van der Waals surface area contributed by atoms with Crippen LogP contribution >= 0.6 is 0 Å². The van der Waals surface area contributed by atoms with Crippen LogP contribution in [-0.2, 0) is 17.8 Å². The lowest BCUT2D eigenvalue weighted by molar-refractivity contribution is -0.125. The van der Waals surface area contributed by atoms with Crippen molar-refractivity contribution in [3.8, 4) is 0 Å². The normalized spacial score (nSPS) is 22.0. The largest absolute Gasteiger partial charge is 0.354 e. The molecule has 1 saturated heterocycles. The lowest BCUT2D eigenvalue weighted by Gasteiger charge is -2.25. The van der Waals surface area contributed by atoms with Crippen molar-refractivity contribution in [2.24, 2.45) is 0 Å². The Hall–Kier alpha value is -1.84. The summed E-state index contributed by atoms with van der Waals surface area (Å²) in [6.07, 6.45) is 4.81. The van der Waals surface area contributed by atoms with E-state index in [9.17, 15) is 9.59 Å². The molecule has 1 aromatic carbocycles. The van der Waals surface area contributed by atoms with Gasteiger partial charge >= 0.3 is 0 Å². The molecule has 0 spiro atoms. The van der Waals surface area contributed by atoms with Gasteiger partial charge < -0.3 is 10.2 Å². The molecule has 2 aliphatic rings. The van der Waals surface area contributed by atoms with Gasteiger partial charge in [0.05, 0.1) is 0 Å². The van der Waals surface area contributed by atoms with Crippen molar-refractivity contribution < 1.29 is 9.59 Å². The van der Waals surface area contributed by atoms with E-state index in [-0.39, 0.29) is 17.9 Å². The minimum atomic E-state index is -0.304. The zero-order valence-electron chi connectivity index (χ0n) is 12.5. The van der Waals surface area contributed by atoms with Crippen molar-refractivity contribution >= 4 is 11.8 Å². The number of rotatable bonds is 3. The Morgan fingerprint density at radius 2 is 2.14 bits per heavy atom. The second-order valence-electron chi connectivity index (χ2n) is 5.93. The molecule has 1 atom stereocenters. The first kappa shape index (κ1) is 14.1. The second kappa shape index (κ2) is 5.88. The van der Waals surface area contributed by atoms with E-state index in [0.717, 1.165) is 49.8 Å². The van der Waals surface area contributed by atoms with Crippen LogP contribution in [0.25, 0.3) is 0 Å². The maximum Gasteiger partial charge on any atom is 0.255 e. The molecule has 3 rings (SSSR count). The minimum absolute atomic E-state index is 0.00528. The first-order valence-electron chi connectivity index (χ1n) is 7.91. The van der Waals surface area contributed by atoms with Crippen LogP contribution in [0.3, 0.4) is 0 Å². The van der Waals surface area contributed by atoms with Gasteiger partial charge in [0.2, 0.25) is 5.91 Å². The Morgan fingerprint density at radius 1 is 1.29 bits per heavy atom. The van der Waals surface area contributed by atoms with E-state index in [2.05, 4.69) is 18.3 Å². The quantitative estimate of drug-likeness (QED) is 0.926. The number of nitrogens with zero attached hydrogens (tertiary/aromatic N) is 1. The molecule has 2 amide bonds. The number of carbonyl (C=O) groups is 2. The molecule has 0 saturated carbocycles. The summed E-state index contributed by atoms with van der Waals surface area (Å²) in [4.78, 5) is 26.6. The van der Waals surface area contributed by atoms with E-state index >= 15 is 0 Å². The highest BCUT2D eigenvalue weighted by Gasteiger charge is 2.37. The summed E-state index contributed by atoms with van der Waals surface area (Å²) >= 11 is 0. The Bertz CT molecular complexity index is 568. The first-order chi connectivity index (χ1) is 10.2. The van der Waals surface area contributed by atoms with Gasteiger partial charge in [0.25, 0.3) is 5.91 Å².